The van der Waals surface area contributed by atoms with E-state index in [1.807, 2.05) is 30.3 Å². The molecular weight excluding hydrogens is 318 g/mol. The minimum atomic E-state index is -1.04. The van der Waals surface area contributed by atoms with Crippen LogP contribution in [0.4, 0.5) is 10.5 Å². The highest BCUT2D eigenvalue weighted by Crippen LogP contribution is 2.27. The summed E-state index contributed by atoms with van der Waals surface area (Å²) in [6.07, 6.45) is -0.239. The molecule has 2 rings (SSSR count). The van der Waals surface area contributed by atoms with Crippen LogP contribution in [0.15, 0.2) is 47.4 Å². The number of benzene rings is 2. The van der Waals surface area contributed by atoms with Gasteiger partial charge in [0.2, 0.25) is 0 Å². The number of nitrogens with one attached hydrogen (secondary N) is 1. The zero-order valence-electron chi connectivity index (χ0n) is 12.3. The molecule has 2 aromatic rings. The van der Waals surface area contributed by atoms with Crippen LogP contribution in [0.3, 0.4) is 0 Å². The summed E-state index contributed by atoms with van der Waals surface area (Å²) in [7, 11) is 0. The number of hydrogen-bond donors (Lipinski definition) is 2. The lowest BCUT2D eigenvalue weighted by Gasteiger charge is -2.11. The Morgan fingerprint density at radius 1 is 1.18 bits per heavy atom. The molecular formula is C17H18ClNO2S. The highest BCUT2D eigenvalue weighted by molar-refractivity contribution is 7.99. The smallest absolute Gasteiger partial charge is 0.409 e. The average molecular weight is 336 g/mol. The summed E-state index contributed by atoms with van der Waals surface area (Å²) in [6, 6.07) is 13.6. The predicted molar refractivity (Wildman–Crippen MR) is 93.3 cm³/mol. The van der Waals surface area contributed by atoms with Gasteiger partial charge in [-0.1, -0.05) is 30.3 Å². The van der Waals surface area contributed by atoms with Crippen molar-refractivity contribution in [3.8, 4) is 0 Å². The second-order valence-electron chi connectivity index (χ2n) is 4.86. The van der Waals surface area contributed by atoms with E-state index >= 15 is 0 Å². The SMILES string of the molecule is Cc1c(CCl)cccc1SCCc1ccccc1NC(=O)O. The first-order valence-corrected chi connectivity index (χ1v) is 8.49. The first kappa shape index (κ1) is 16.7. The summed E-state index contributed by atoms with van der Waals surface area (Å²) in [5.74, 6) is 1.40. The monoisotopic (exact) mass is 335 g/mol. The van der Waals surface area contributed by atoms with Crippen LogP contribution in [0.2, 0.25) is 0 Å². The van der Waals surface area contributed by atoms with E-state index in [0.29, 0.717) is 11.6 Å². The van der Waals surface area contributed by atoms with E-state index in [1.54, 1.807) is 17.8 Å². The van der Waals surface area contributed by atoms with Crippen LogP contribution in [0.5, 0.6) is 0 Å². The molecule has 2 aromatic carbocycles. The number of anilines is 1. The van der Waals surface area contributed by atoms with Crippen molar-refractivity contribution >= 4 is 35.1 Å². The second-order valence-corrected chi connectivity index (χ2v) is 6.26. The molecule has 116 valence electrons. The van der Waals surface area contributed by atoms with Gasteiger partial charge in [0.05, 0.1) is 0 Å². The molecule has 0 aromatic heterocycles. The minimum absolute atomic E-state index is 0.519. The molecule has 0 heterocycles. The van der Waals surface area contributed by atoms with Gasteiger partial charge in [-0.3, -0.25) is 5.32 Å². The maximum Gasteiger partial charge on any atom is 0.409 e. The molecule has 0 spiro atoms. The largest absolute Gasteiger partial charge is 0.465 e. The third-order valence-electron chi connectivity index (χ3n) is 3.43. The second kappa shape index (κ2) is 8.11. The molecule has 3 nitrogen and oxygen atoms in total. The number of amides is 1. The Kier molecular flexibility index (Phi) is 6.16. The van der Waals surface area contributed by atoms with Crippen LogP contribution < -0.4 is 5.32 Å². The van der Waals surface area contributed by atoms with Gasteiger partial charge in [0.1, 0.15) is 0 Å². The van der Waals surface area contributed by atoms with E-state index in [-0.39, 0.29) is 0 Å². The molecule has 0 saturated carbocycles. The number of halogens is 1. The fraction of sp³-hybridized carbons (Fsp3) is 0.235. The van der Waals surface area contributed by atoms with Crippen LogP contribution in [0.25, 0.3) is 0 Å². The van der Waals surface area contributed by atoms with Crippen LogP contribution in [0, 0.1) is 6.92 Å². The Morgan fingerprint density at radius 2 is 1.91 bits per heavy atom. The van der Waals surface area contributed by atoms with Crippen molar-refractivity contribution in [3.05, 3.63) is 59.2 Å². The van der Waals surface area contributed by atoms with Gasteiger partial charge in [-0.05, 0) is 42.2 Å². The number of alkyl halides is 1. The lowest BCUT2D eigenvalue weighted by atomic mass is 10.1. The Bertz CT molecular complexity index is 661. The van der Waals surface area contributed by atoms with Gasteiger partial charge in [0, 0.05) is 22.2 Å². The maximum atomic E-state index is 10.8. The molecule has 2 N–H and O–H groups in total. The quantitative estimate of drug-likeness (QED) is 0.566. The summed E-state index contributed by atoms with van der Waals surface area (Å²) in [4.78, 5) is 12.0. The molecule has 0 fully saturated rings. The first-order valence-electron chi connectivity index (χ1n) is 6.97. The van der Waals surface area contributed by atoms with E-state index in [9.17, 15) is 4.79 Å². The Hall–Kier alpha value is -1.65. The Labute approximate surface area is 139 Å². The Balaban J connectivity index is 2.01. The van der Waals surface area contributed by atoms with Crippen molar-refractivity contribution in [1.29, 1.82) is 0 Å². The fourth-order valence-corrected chi connectivity index (χ4v) is 3.56. The Morgan fingerprint density at radius 3 is 2.64 bits per heavy atom. The lowest BCUT2D eigenvalue weighted by molar-refractivity contribution is 0.209. The molecule has 22 heavy (non-hydrogen) atoms. The summed E-state index contributed by atoms with van der Waals surface area (Å²) >= 11 is 7.70. The van der Waals surface area contributed by atoms with E-state index in [0.717, 1.165) is 23.3 Å². The number of hydrogen-bond acceptors (Lipinski definition) is 2. The van der Waals surface area contributed by atoms with Crippen molar-refractivity contribution in [3.63, 3.8) is 0 Å². The van der Waals surface area contributed by atoms with Crippen LogP contribution in [0.1, 0.15) is 16.7 Å². The summed E-state index contributed by atoms with van der Waals surface area (Å²) < 4.78 is 0. The molecule has 5 heteroatoms. The summed E-state index contributed by atoms with van der Waals surface area (Å²) in [5, 5.41) is 11.3. The molecule has 0 aliphatic rings. The highest BCUT2D eigenvalue weighted by Gasteiger charge is 2.07. The number of thioether (sulfide) groups is 1. The van der Waals surface area contributed by atoms with Gasteiger partial charge < -0.3 is 5.11 Å². The molecule has 0 aliphatic carbocycles. The molecule has 0 atom stereocenters. The highest BCUT2D eigenvalue weighted by atomic mass is 35.5. The van der Waals surface area contributed by atoms with Gasteiger partial charge in [0.25, 0.3) is 0 Å². The van der Waals surface area contributed by atoms with Crippen LogP contribution in [-0.2, 0) is 12.3 Å². The predicted octanol–water partition coefficient (Wildman–Crippen LogP) is 5.16. The van der Waals surface area contributed by atoms with Gasteiger partial charge >= 0.3 is 6.09 Å². The molecule has 0 aliphatic heterocycles. The van der Waals surface area contributed by atoms with Gasteiger partial charge in [0.15, 0.2) is 0 Å². The van der Waals surface area contributed by atoms with Crippen molar-refractivity contribution < 1.29 is 9.90 Å². The van der Waals surface area contributed by atoms with Gasteiger partial charge in [-0.2, -0.15) is 0 Å². The molecule has 0 saturated heterocycles. The molecule has 1 amide bonds. The number of carboxylic acid groups (broad SMARTS) is 1. The normalized spacial score (nSPS) is 10.5. The molecule has 0 unspecified atom stereocenters. The van der Waals surface area contributed by atoms with E-state index in [1.165, 1.54) is 10.5 Å². The van der Waals surface area contributed by atoms with Gasteiger partial charge in [-0.25, -0.2) is 4.79 Å². The minimum Gasteiger partial charge on any atom is -0.465 e. The number of rotatable bonds is 6. The average Bonchev–Trinajstić information content (AvgIpc) is 2.50. The fourth-order valence-electron chi connectivity index (χ4n) is 2.21. The van der Waals surface area contributed by atoms with Crippen molar-refractivity contribution in [2.75, 3.05) is 11.1 Å². The summed E-state index contributed by atoms with van der Waals surface area (Å²) in [5.41, 5.74) is 4.03. The van der Waals surface area contributed by atoms with Crippen molar-refractivity contribution in [1.82, 2.24) is 0 Å². The lowest BCUT2D eigenvalue weighted by Crippen LogP contribution is -2.09. The van der Waals surface area contributed by atoms with Crippen LogP contribution in [-0.4, -0.2) is 17.0 Å². The third kappa shape index (κ3) is 4.42. The third-order valence-corrected chi connectivity index (χ3v) is 4.88. The number of aryl methyl sites for hydroxylation is 1. The van der Waals surface area contributed by atoms with Crippen molar-refractivity contribution in [2.45, 2.75) is 24.1 Å². The topological polar surface area (TPSA) is 49.3 Å². The van der Waals surface area contributed by atoms with E-state index in [4.69, 9.17) is 16.7 Å². The van der Waals surface area contributed by atoms with Crippen LogP contribution >= 0.6 is 23.4 Å². The number of carbonyl (C=O) groups is 1. The molecule has 0 bridgehead atoms. The standard InChI is InChI=1S/C17H18ClNO2S/c1-12-14(11-18)6-4-8-16(12)22-10-9-13-5-2-3-7-15(13)19-17(20)21/h2-8,19H,9-11H2,1H3,(H,20,21). The zero-order valence-corrected chi connectivity index (χ0v) is 13.9. The molecule has 0 radical (unpaired) electrons. The van der Waals surface area contributed by atoms with Crippen molar-refractivity contribution in [2.24, 2.45) is 0 Å². The van der Waals surface area contributed by atoms with E-state index in [2.05, 4.69) is 18.3 Å². The maximum absolute atomic E-state index is 10.8. The van der Waals surface area contributed by atoms with Gasteiger partial charge in [-0.15, -0.1) is 23.4 Å². The van der Waals surface area contributed by atoms with E-state index < -0.39 is 6.09 Å². The number of para-hydroxylation sites is 1. The summed E-state index contributed by atoms with van der Waals surface area (Å²) in [6.45, 7) is 2.08. The zero-order chi connectivity index (χ0) is 15.9. The first-order chi connectivity index (χ1) is 10.6.